The van der Waals surface area contributed by atoms with E-state index in [1.54, 1.807) is 0 Å². The lowest BCUT2D eigenvalue weighted by Gasteiger charge is -2.32. The van der Waals surface area contributed by atoms with Crippen molar-refractivity contribution in [1.82, 2.24) is 10.3 Å². The number of rotatable bonds is 5. The second-order valence-corrected chi connectivity index (χ2v) is 6.94. The second kappa shape index (κ2) is 7.12. The van der Waals surface area contributed by atoms with Gasteiger partial charge in [-0.25, -0.2) is 0 Å². The largest absolute Gasteiger partial charge is 0.361 e. The number of amides is 1. The lowest BCUT2D eigenvalue weighted by Crippen LogP contribution is -2.45. The third-order valence-corrected chi connectivity index (χ3v) is 5.12. The minimum atomic E-state index is -0.592. The fraction of sp³-hybridized carbons (Fsp3) is 0.125. The topological polar surface area (TPSA) is 44.9 Å². The third kappa shape index (κ3) is 3.36. The Labute approximate surface area is 159 Å². The summed E-state index contributed by atoms with van der Waals surface area (Å²) in [5.41, 5.74) is 3.58. The standard InChI is InChI=1S/C24H22N2O/c1-24(19-10-4-2-5-11-19,20-12-6-3-7-13-20)26-23(27)16-18-17-25-22-15-9-8-14-21(18)22/h2-15,17,25H,16H2,1H3,(H,26,27). The number of hydrogen-bond acceptors (Lipinski definition) is 1. The van der Waals surface area contributed by atoms with Gasteiger partial charge >= 0.3 is 0 Å². The van der Waals surface area contributed by atoms with E-state index in [1.807, 2.05) is 66.9 Å². The van der Waals surface area contributed by atoms with Crippen molar-refractivity contribution in [3.05, 3.63) is 108 Å². The van der Waals surface area contributed by atoms with Crippen LogP contribution in [-0.4, -0.2) is 10.9 Å². The monoisotopic (exact) mass is 354 g/mol. The predicted octanol–water partition coefficient (Wildman–Crippen LogP) is 4.79. The molecule has 4 aromatic rings. The van der Waals surface area contributed by atoms with Gasteiger partial charge in [0.1, 0.15) is 0 Å². The molecule has 0 aliphatic rings. The first-order chi connectivity index (χ1) is 13.2. The number of para-hydroxylation sites is 1. The maximum atomic E-state index is 13.0. The van der Waals surface area contributed by atoms with Gasteiger partial charge in [-0.2, -0.15) is 0 Å². The number of carbonyl (C=O) groups excluding carboxylic acids is 1. The van der Waals surface area contributed by atoms with Crippen molar-refractivity contribution in [1.29, 1.82) is 0 Å². The number of hydrogen-bond donors (Lipinski definition) is 2. The van der Waals surface area contributed by atoms with E-state index in [1.165, 1.54) is 0 Å². The van der Waals surface area contributed by atoms with E-state index < -0.39 is 5.54 Å². The van der Waals surface area contributed by atoms with Gasteiger partial charge in [0, 0.05) is 17.1 Å². The molecule has 0 fully saturated rings. The zero-order chi connectivity index (χ0) is 18.7. The van der Waals surface area contributed by atoms with Crippen LogP contribution in [0, 0.1) is 0 Å². The van der Waals surface area contributed by atoms with Crippen LogP contribution in [-0.2, 0) is 16.8 Å². The van der Waals surface area contributed by atoms with Crippen LogP contribution in [0.1, 0.15) is 23.6 Å². The van der Waals surface area contributed by atoms with Crippen LogP contribution in [0.3, 0.4) is 0 Å². The van der Waals surface area contributed by atoms with Gasteiger partial charge in [0.05, 0.1) is 12.0 Å². The molecular formula is C24H22N2O. The normalized spacial score (nSPS) is 11.4. The van der Waals surface area contributed by atoms with Gasteiger partial charge in [-0.15, -0.1) is 0 Å². The molecule has 27 heavy (non-hydrogen) atoms. The molecule has 0 aliphatic carbocycles. The van der Waals surface area contributed by atoms with Gasteiger partial charge in [-0.1, -0.05) is 78.9 Å². The molecule has 0 aliphatic heterocycles. The lowest BCUT2D eigenvalue weighted by atomic mass is 9.84. The van der Waals surface area contributed by atoms with Crippen molar-refractivity contribution in [2.75, 3.05) is 0 Å². The number of aromatic nitrogens is 1. The minimum absolute atomic E-state index is 0.00467. The Balaban J connectivity index is 1.65. The molecule has 0 saturated heterocycles. The molecule has 2 N–H and O–H groups in total. The zero-order valence-corrected chi connectivity index (χ0v) is 15.3. The first-order valence-corrected chi connectivity index (χ1v) is 9.14. The highest BCUT2D eigenvalue weighted by Gasteiger charge is 2.30. The Hall–Kier alpha value is -3.33. The summed E-state index contributed by atoms with van der Waals surface area (Å²) >= 11 is 0. The summed E-state index contributed by atoms with van der Waals surface area (Å²) in [4.78, 5) is 16.2. The van der Waals surface area contributed by atoms with Crippen LogP contribution in [0.25, 0.3) is 10.9 Å². The fourth-order valence-electron chi connectivity index (χ4n) is 3.63. The van der Waals surface area contributed by atoms with Crippen LogP contribution in [0.2, 0.25) is 0 Å². The number of fused-ring (bicyclic) bond motifs is 1. The van der Waals surface area contributed by atoms with Gasteiger partial charge in [0.25, 0.3) is 0 Å². The molecule has 0 bridgehead atoms. The van der Waals surface area contributed by atoms with E-state index in [4.69, 9.17) is 0 Å². The summed E-state index contributed by atoms with van der Waals surface area (Å²) in [6.45, 7) is 2.06. The molecule has 3 nitrogen and oxygen atoms in total. The van der Waals surface area contributed by atoms with Gasteiger partial charge in [0.2, 0.25) is 5.91 Å². The van der Waals surface area contributed by atoms with Gasteiger partial charge in [0.15, 0.2) is 0 Å². The molecule has 0 saturated carbocycles. The summed E-state index contributed by atoms with van der Waals surface area (Å²) in [5.74, 6) is -0.00467. The van der Waals surface area contributed by atoms with Crippen molar-refractivity contribution in [3.63, 3.8) is 0 Å². The van der Waals surface area contributed by atoms with Crippen molar-refractivity contribution in [2.45, 2.75) is 18.9 Å². The van der Waals surface area contributed by atoms with Gasteiger partial charge in [-0.05, 0) is 29.7 Å². The van der Waals surface area contributed by atoms with Crippen LogP contribution < -0.4 is 5.32 Å². The quantitative estimate of drug-likeness (QED) is 0.532. The summed E-state index contributed by atoms with van der Waals surface area (Å²) in [6, 6.07) is 28.3. The maximum absolute atomic E-state index is 13.0. The zero-order valence-electron chi connectivity index (χ0n) is 15.3. The molecule has 3 heteroatoms. The SMILES string of the molecule is CC(NC(=O)Cc1c[nH]c2ccccc12)(c1ccccc1)c1ccccc1. The maximum Gasteiger partial charge on any atom is 0.225 e. The number of H-pyrrole nitrogens is 1. The van der Waals surface area contributed by atoms with Crippen LogP contribution in [0.15, 0.2) is 91.1 Å². The third-order valence-electron chi connectivity index (χ3n) is 5.12. The lowest BCUT2D eigenvalue weighted by molar-refractivity contribution is -0.121. The average Bonchev–Trinajstić information content (AvgIpc) is 3.12. The van der Waals surface area contributed by atoms with Crippen LogP contribution in [0.4, 0.5) is 0 Å². The highest BCUT2D eigenvalue weighted by molar-refractivity contribution is 5.89. The number of benzene rings is 3. The van der Waals surface area contributed by atoms with E-state index in [0.717, 1.165) is 27.6 Å². The summed E-state index contributed by atoms with van der Waals surface area (Å²) in [7, 11) is 0. The van der Waals surface area contributed by atoms with Gasteiger partial charge < -0.3 is 10.3 Å². The van der Waals surface area contributed by atoms with Crippen molar-refractivity contribution in [2.24, 2.45) is 0 Å². The highest BCUT2D eigenvalue weighted by atomic mass is 16.1. The van der Waals surface area contributed by atoms with E-state index in [9.17, 15) is 4.79 Å². The van der Waals surface area contributed by atoms with E-state index >= 15 is 0 Å². The molecule has 1 heterocycles. The summed E-state index contributed by atoms with van der Waals surface area (Å²) in [5, 5.41) is 4.37. The Morgan fingerprint density at radius 3 is 2.04 bits per heavy atom. The second-order valence-electron chi connectivity index (χ2n) is 6.94. The molecule has 1 aromatic heterocycles. The Morgan fingerprint density at radius 1 is 0.852 bits per heavy atom. The average molecular weight is 354 g/mol. The number of carbonyl (C=O) groups is 1. The highest BCUT2D eigenvalue weighted by Crippen LogP contribution is 2.29. The minimum Gasteiger partial charge on any atom is -0.361 e. The van der Waals surface area contributed by atoms with E-state index in [2.05, 4.69) is 41.5 Å². The molecule has 1 amide bonds. The fourth-order valence-corrected chi connectivity index (χ4v) is 3.63. The number of aromatic amines is 1. The molecule has 0 unspecified atom stereocenters. The predicted molar refractivity (Wildman–Crippen MR) is 109 cm³/mol. The Bertz CT molecular complexity index is 1010. The van der Waals surface area contributed by atoms with Gasteiger partial charge in [-0.3, -0.25) is 4.79 Å². The molecule has 0 radical (unpaired) electrons. The molecule has 4 rings (SSSR count). The summed E-state index contributed by atoms with van der Waals surface area (Å²) < 4.78 is 0. The Kier molecular flexibility index (Phi) is 4.51. The smallest absolute Gasteiger partial charge is 0.225 e. The van der Waals surface area contributed by atoms with Crippen molar-refractivity contribution >= 4 is 16.8 Å². The molecule has 0 atom stereocenters. The molecule has 0 spiro atoms. The molecule has 134 valence electrons. The molecule has 3 aromatic carbocycles. The Morgan fingerprint density at radius 2 is 1.41 bits per heavy atom. The van der Waals surface area contributed by atoms with Crippen molar-refractivity contribution < 1.29 is 4.79 Å². The number of nitrogens with one attached hydrogen (secondary N) is 2. The van der Waals surface area contributed by atoms with E-state index in [-0.39, 0.29) is 5.91 Å². The van der Waals surface area contributed by atoms with E-state index in [0.29, 0.717) is 6.42 Å². The molecular weight excluding hydrogens is 332 g/mol. The first-order valence-electron chi connectivity index (χ1n) is 9.14. The summed E-state index contributed by atoms with van der Waals surface area (Å²) in [6.07, 6.45) is 2.26. The van der Waals surface area contributed by atoms with Crippen LogP contribution in [0.5, 0.6) is 0 Å². The van der Waals surface area contributed by atoms with Crippen molar-refractivity contribution in [3.8, 4) is 0 Å². The van der Waals surface area contributed by atoms with Crippen LogP contribution >= 0.6 is 0 Å². The first kappa shape index (κ1) is 17.1.